The van der Waals surface area contributed by atoms with E-state index < -0.39 is 67.1 Å². The number of carboxylic acids is 1. The number of guanidine groups is 1. The zero-order valence-corrected chi connectivity index (χ0v) is 26.2. The van der Waals surface area contributed by atoms with Crippen LogP contribution in [0.1, 0.15) is 0 Å². The quantitative estimate of drug-likeness (QED) is 0.0274. The number of aliphatic hydroxyl groups is 5. The molecular weight excluding hydrogens is 626 g/mol. The minimum Gasteiger partial charge on any atom is -0.477 e. The predicted molar refractivity (Wildman–Crippen MR) is 161 cm³/mol. The van der Waals surface area contributed by atoms with Crippen LogP contribution in [0.25, 0.3) is 0 Å². The summed E-state index contributed by atoms with van der Waals surface area (Å²) in [5.74, 6) is -6.75. The summed E-state index contributed by atoms with van der Waals surface area (Å²) >= 11 is 0. The molecule has 11 N–H and O–H groups in total. The number of quaternary nitrogens is 1. The van der Waals surface area contributed by atoms with E-state index >= 15 is 0 Å². The third kappa shape index (κ3) is 8.62. The fourth-order valence-corrected chi connectivity index (χ4v) is 5.31. The lowest BCUT2D eigenvalue weighted by Crippen LogP contribution is -3.09. The monoisotopic (exact) mass is 670 g/mol. The maximum Gasteiger partial charge on any atom is 0.343 e. The van der Waals surface area contributed by atoms with Crippen molar-refractivity contribution in [2.45, 2.75) is 36.7 Å². The van der Waals surface area contributed by atoms with Gasteiger partial charge < -0.3 is 70.3 Å². The highest BCUT2D eigenvalue weighted by Gasteiger charge is 2.57. The number of hydrogen-bond acceptors (Lipinski definition) is 14. The van der Waals surface area contributed by atoms with E-state index in [1.165, 1.54) is 33.5 Å². The Kier molecular flexibility index (Phi) is 13.6. The Morgan fingerprint density at radius 1 is 1.30 bits per heavy atom. The third-order valence-electron chi connectivity index (χ3n) is 7.75. The Labute approximate surface area is 270 Å². The van der Waals surface area contributed by atoms with Gasteiger partial charge in [0, 0.05) is 18.5 Å². The maximum absolute atomic E-state index is 12.9. The van der Waals surface area contributed by atoms with Crippen LogP contribution < -0.4 is 21.3 Å². The van der Waals surface area contributed by atoms with Gasteiger partial charge in [-0.15, -0.1) is 6.58 Å². The van der Waals surface area contributed by atoms with E-state index in [0.717, 1.165) is 6.26 Å². The van der Waals surface area contributed by atoms with E-state index in [4.69, 9.17) is 29.4 Å². The van der Waals surface area contributed by atoms with Gasteiger partial charge in [0.2, 0.25) is 12.1 Å². The molecule has 0 bridgehead atoms. The van der Waals surface area contributed by atoms with Crippen molar-refractivity contribution < 1.29 is 68.8 Å². The number of aliphatic imine (C=N–C) groups is 1. The summed E-state index contributed by atoms with van der Waals surface area (Å²) in [6, 6.07) is 0. The van der Waals surface area contributed by atoms with Crippen molar-refractivity contribution >= 4 is 17.9 Å². The van der Waals surface area contributed by atoms with Crippen LogP contribution in [0.3, 0.4) is 0 Å². The lowest BCUT2D eigenvalue weighted by molar-refractivity contribution is -0.843. The number of esters is 1. The lowest BCUT2D eigenvalue weighted by Gasteiger charge is -2.47. The highest BCUT2D eigenvalue weighted by Crippen LogP contribution is 2.38. The van der Waals surface area contributed by atoms with Crippen LogP contribution >= 0.6 is 0 Å². The Morgan fingerprint density at radius 3 is 2.60 bits per heavy atom. The van der Waals surface area contributed by atoms with Crippen molar-refractivity contribution in [3.63, 3.8) is 0 Å². The first-order valence-electron chi connectivity index (χ1n) is 14.6. The average Bonchev–Trinajstić information content (AvgIpc) is 3.05. The lowest BCUT2D eigenvalue weighted by atomic mass is 9.83. The number of nitrogens with one attached hydrogen (secondary N) is 3. The fraction of sp³-hybridized carbons (Fsp3) is 0.552. The molecule has 3 aliphatic rings. The van der Waals surface area contributed by atoms with E-state index in [2.05, 4.69) is 22.2 Å². The maximum atomic E-state index is 12.9. The number of aliphatic hydroxyl groups excluding tert-OH is 3. The first kappa shape index (κ1) is 37.8. The summed E-state index contributed by atoms with van der Waals surface area (Å²) in [5, 5.41) is 66.6. The van der Waals surface area contributed by atoms with Crippen LogP contribution in [0, 0.1) is 11.8 Å². The van der Waals surface area contributed by atoms with Crippen LogP contribution in [0.15, 0.2) is 64.7 Å². The standard InChI is InChI=1S/C29H43N5O13/c1-5-16-17(7-6-15-10-34(8-9-35)11-18(24(38)39)21(15)33-28(30)32-3)19(25(40)43-4)13-44-26(16)47-27-23(45-14-31-2)29(41,42)22(37)20(12-36)46-27/h5-7,11,13,16-17,20,22-23,26-27,31,35-37,41-42H,1,8-10,12,14H2,2-4H3,(H,38,39)(H3,30,32,33)/p+1/b7-6+/t16-,17+,20-,22-,23+,26+,27+/m1/s1. The Balaban J connectivity index is 2.06. The number of carboxylic acid groups (broad SMARTS) is 1. The largest absolute Gasteiger partial charge is 0.477 e. The van der Waals surface area contributed by atoms with Crippen molar-refractivity contribution in [1.29, 1.82) is 0 Å². The van der Waals surface area contributed by atoms with E-state index in [1.807, 2.05) is 0 Å². The highest BCUT2D eigenvalue weighted by atomic mass is 16.8. The molecule has 1 fully saturated rings. The number of aliphatic carboxylic acids is 1. The molecule has 3 heterocycles. The molecule has 18 nitrogen and oxygen atoms in total. The van der Waals surface area contributed by atoms with Crippen LogP contribution in [0.2, 0.25) is 0 Å². The van der Waals surface area contributed by atoms with Crippen LogP contribution in [-0.4, -0.2) is 139 Å². The SMILES string of the molecule is C=C[C@H]1[C@H](O[C@@H]2O[C@H](CO)[C@@H](O)C(O)(O)[C@H]2OCNC)OC=C(C(=O)OC)[C@H]1/C=C/C1=C(NC(N)=NC)C(C(=O)O)=C[NH+](CCO)C1. The number of ether oxygens (including phenoxy) is 5. The number of nitrogens with two attached hydrogens (primary N) is 1. The minimum atomic E-state index is -2.92. The number of allylic oxidation sites excluding steroid dienone is 1. The number of methoxy groups -OCH3 is 1. The predicted octanol–water partition coefficient (Wildman–Crippen LogP) is -4.64. The molecule has 0 saturated carbocycles. The average molecular weight is 671 g/mol. The molecule has 47 heavy (non-hydrogen) atoms. The van der Waals surface area contributed by atoms with Gasteiger partial charge in [-0.1, -0.05) is 18.2 Å². The van der Waals surface area contributed by atoms with Gasteiger partial charge in [-0.25, -0.2) is 9.59 Å². The van der Waals surface area contributed by atoms with Gasteiger partial charge in [-0.2, -0.15) is 0 Å². The third-order valence-corrected chi connectivity index (χ3v) is 7.75. The van der Waals surface area contributed by atoms with E-state index in [1.54, 1.807) is 12.2 Å². The second-order valence-corrected chi connectivity index (χ2v) is 10.7. The summed E-state index contributed by atoms with van der Waals surface area (Å²) in [7, 11) is 4.13. The fourth-order valence-electron chi connectivity index (χ4n) is 5.31. The summed E-state index contributed by atoms with van der Waals surface area (Å²) in [6.45, 7) is 3.06. The van der Waals surface area contributed by atoms with Gasteiger partial charge in [0.1, 0.15) is 37.1 Å². The first-order valence-corrected chi connectivity index (χ1v) is 14.6. The number of nitrogens with zero attached hydrogens (tertiary/aromatic N) is 1. The van der Waals surface area contributed by atoms with Crippen molar-refractivity contribution in [1.82, 2.24) is 10.6 Å². The van der Waals surface area contributed by atoms with E-state index in [9.17, 15) is 40.2 Å². The zero-order valence-electron chi connectivity index (χ0n) is 26.2. The van der Waals surface area contributed by atoms with Crippen molar-refractivity contribution in [2.24, 2.45) is 22.6 Å². The Hall–Kier alpha value is -3.69. The summed E-state index contributed by atoms with van der Waals surface area (Å²) in [6.07, 6.45) is -0.919. The number of hydrogen-bond donors (Lipinski definition) is 10. The molecule has 1 saturated heterocycles. The van der Waals surface area contributed by atoms with Gasteiger partial charge in [0.15, 0.2) is 18.4 Å². The van der Waals surface area contributed by atoms with Crippen molar-refractivity contribution in [3.8, 4) is 0 Å². The number of carbonyl (C=O) groups is 2. The topological polar surface area (TPSA) is 269 Å². The van der Waals surface area contributed by atoms with Gasteiger partial charge >= 0.3 is 11.9 Å². The molecule has 0 aromatic heterocycles. The van der Waals surface area contributed by atoms with Crippen LogP contribution in [-0.2, 0) is 33.3 Å². The van der Waals surface area contributed by atoms with Gasteiger partial charge in [0.05, 0.1) is 50.5 Å². The normalized spacial score (nSPS) is 31.1. The van der Waals surface area contributed by atoms with Gasteiger partial charge in [0.25, 0.3) is 0 Å². The minimum absolute atomic E-state index is 0.0393. The summed E-state index contributed by atoms with van der Waals surface area (Å²) < 4.78 is 27.8. The molecule has 262 valence electrons. The molecule has 3 aliphatic heterocycles. The number of carbonyl (C=O) groups excluding carboxylic acids is 1. The Bertz CT molecular complexity index is 1300. The van der Waals surface area contributed by atoms with Crippen LogP contribution in [0.5, 0.6) is 0 Å². The molecular formula is C29H44N5O13+. The van der Waals surface area contributed by atoms with Gasteiger partial charge in [-0.3, -0.25) is 10.3 Å². The molecule has 1 unspecified atom stereocenters. The van der Waals surface area contributed by atoms with Gasteiger partial charge in [-0.05, 0) is 7.05 Å². The summed E-state index contributed by atoms with van der Waals surface area (Å²) in [4.78, 5) is 29.6. The molecule has 0 aliphatic carbocycles. The molecule has 0 aromatic rings. The molecule has 0 spiro atoms. The van der Waals surface area contributed by atoms with E-state index in [-0.39, 0.29) is 49.2 Å². The smallest absolute Gasteiger partial charge is 0.343 e. The van der Waals surface area contributed by atoms with Crippen LogP contribution in [0.4, 0.5) is 0 Å². The zero-order chi connectivity index (χ0) is 34.9. The van der Waals surface area contributed by atoms with Crippen molar-refractivity contribution in [2.75, 3.05) is 54.2 Å². The molecule has 3 rings (SSSR count). The molecule has 0 amide bonds. The highest BCUT2D eigenvalue weighted by molar-refractivity contribution is 5.94. The van der Waals surface area contributed by atoms with Crippen molar-refractivity contribution in [3.05, 3.63) is 59.7 Å². The second-order valence-electron chi connectivity index (χ2n) is 10.7. The second kappa shape index (κ2) is 16.9. The van der Waals surface area contributed by atoms with E-state index in [0.29, 0.717) is 10.5 Å². The Morgan fingerprint density at radius 2 is 2.02 bits per heavy atom. The first-order chi connectivity index (χ1) is 22.4. The number of rotatable bonds is 14. The molecule has 0 aromatic carbocycles. The summed E-state index contributed by atoms with van der Waals surface area (Å²) in [5.41, 5.74) is 6.39. The molecule has 0 radical (unpaired) electrons. The molecule has 18 heteroatoms. The molecule has 8 atom stereocenters.